The van der Waals surface area contributed by atoms with E-state index in [2.05, 4.69) is 158 Å². The Kier molecular flexibility index (Phi) is 7.42. The largest absolute Gasteiger partial charge is 0.405 e. The molecule has 0 bridgehead atoms. The van der Waals surface area contributed by atoms with Crippen molar-refractivity contribution in [3.05, 3.63) is 181 Å². The maximum absolute atomic E-state index is 5.42. The molecule has 0 aliphatic heterocycles. The highest BCUT2D eigenvalue weighted by Gasteiger charge is 2.35. The van der Waals surface area contributed by atoms with Crippen molar-refractivity contribution in [1.82, 2.24) is 4.57 Å². The molecule has 6 aromatic carbocycles. The topological polar surface area (TPSA) is 30.9 Å². The van der Waals surface area contributed by atoms with Crippen LogP contribution in [-0.4, -0.2) is 4.57 Å². The van der Waals surface area contributed by atoms with E-state index < -0.39 is 0 Å². The summed E-state index contributed by atoms with van der Waals surface area (Å²) in [5.41, 5.74) is 18.4. The van der Waals surface area contributed by atoms with Gasteiger partial charge in [-0.15, -0.1) is 0 Å². The molecular formula is C46H38N2. The van der Waals surface area contributed by atoms with Gasteiger partial charge in [-0.05, 0) is 91.8 Å². The first-order valence-electron chi connectivity index (χ1n) is 16.7. The van der Waals surface area contributed by atoms with Gasteiger partial charge in [-0.1, -0.05) is 147 Å². The third-order valence-electron chi connectivity index (χ3n) is 9.96. The molecule has 232 valence electrons. The lowest BCUT2D eigenvalue weighted by Gasteiger charge is -2.22. The Morgan fingerprint density at radius 1 is 0.542 bits per heavy atom. The Labute approximate surface area is 282 Å². The summed E-state index contributed by atoms with van der Waals surface area (Å²) in [6.45, 7) is 5.47. The first kappa shape index (κ1) is 29.5. The molecule has 0 radical (unpaired) electrons. The first-order chi connectivity index (χ1) is 23.6. The highest BCUT2D eigenvalue weighted by Crippen LogP contribution is 2.49. The summed E-state index contributed by atoms with van der Waals surface area (Å²) in [5, 5.41) is 5.14. The van der Waals surface area contributed by atoms with Crippen molar-refractivity contribution in [3.8, 4) is 33.4 Å². The zero-order chi connectivity index (χ0) is 32.7. The average Bonchev–Trinajstić information content (AvgIpc) is 3.58. The number of aromatic nitrogens is 1. The summed E-state index contributed by atoms with van der Waals surface area (Å²) in [7, 11) is 0. The second-order valence-corrected chi connectivity index (χ2v) is 13.1. The number of benzene rings is 6. The summed E-state index contributed by atoms with van der Waals surface area (Å²) in [6, 6.07) is 45.0. The molecule has 8 rings (SSSR count). The summed E-state index contributed by atoms with van der Waals surface area (Å²) < 4.78 is 2.45. The second-order valence-electron chi connectivity index (χ2n) is 13.1. The lowest BCUT2D eigenvalue weighted by atomic mass is 9.81. The molecule has 1 aliphatic rings. The van der Waals surface area contributed by atoms with E-state index >= 15 is 0 Å². The van der Waals surface area contributed by atoms with Crippen LogP contribution in [0.1, 0.15) is 25.0 Å². The van der Waals surface area contributed by atoms with Crippen molar-refractivity contribution < 1.29 is 0 Å². The minimum atomic E-state index is -0.0310. The van der Waals surface area contributed by atoms with Crippen molar-refractivity contribution in [2.45, 2.75) is 25.8 Å². The van der Waals surface area contributed by atoms with Gasteiger partial charge in [-0.3, -0.25) is 0 Å². The van der Waals surface area contributed by atoms with E-state index in [-0.39, 0.29) is 5.41 Å². The monoisotopic (exact) mass is 618 g/mol. The van der Waals surface area contributed by atoms with Crippen molar-refractivity contribution >= 4 is 32.6 Å². The van der Waals surface area contributed by atoms with Crippen LogP contribution in [0.15, 0.2) is 170 Å². The standard InChI is InChI=1S/C46H38N2/c1-46(2)40-22-11-10-20-38(40)39-26-24-34(31-41(39)46)33-17-14-18-35(30-33)37-21-15-23-42-45(37)44-36-19-9-8-16-32(36)25-27-43(44)48(42)29-13-7-5-3-4-6-12-28-47/h3-28,30-31H,29,47H2,1-2H3/b5-3+,6-4-,13-7+,28-12-. The van der Waals surface area contributed by atoms with Crippen LogP contribution < -0.4 is 5.73 Å². The van der Waals surface area contributed by atoms with Gasteiger partial charge in [-0.25, -0.2) is 0 Å². The number of rotatable bonds is 7. The van der Waals surface area contributed by atoms with E-state index in [0.717, 1.165) is 6.54 Å². The Bertz CT molecular complexity index is 2460. The molecule has 0 atom stereocenters. The molecule has 0 spiro atoms. The van der Waals surface area contributed by atoms with E-state index in [1.807, 2.05) is 24.3 Å². The van der Waals surface area contributed by atoms with E-state index in [9.17, 15) is 0 Å². The number of hydrogen-bond acceptors (Lipinski definition) is 1. The van der Waals surface area contributed by atoms with Crippen molar-refractivity contribution in [3.63, 3.8) is 0 Å². The highest BCUT2D eigenvalue weighted by atomic mass is 15.0. The van der Waals surface area contributed by atoms with Gasteiger partial charge in [0.25, 0.3) is 0 Å². The maximum atomic E-state index is 5.42. The van der Waals surface area contributed by atoms with Crippen molar-refractivity contribution in [2.75, 3.05) is 0 Å². The van der Waals surface area contributed by atoms with E-state index in [1.165, 1.54) is 83.3 Å². The predicted molar refractivity (Wildman–Crippen MR) is 206 cm³/mol. The second kappa shape index (κ2) is 12.1. The van der Waals surface area contributed by atoms with Crippen LogP contribution in [0.3, 0.4) is 0 Å². The number of allylic oxidation sites excluding steroid dienone is 7. The van der Waals surface area contributed by atoms with Crippen LogP contribution in [0.2, 0.25) is 0 Å². The van der Waals surface area contributed by atoms with Gasteiger partial charge < -0.3 is 10.3 Å². The fourth-order valence-corrected chi connectivity index (χ4v) is 7.66. The number of nitrogens with zero attached hydrogens (tertiary/aromatic N) is 1. The Morgan fingerprint density at radius 2 is 1.23 bits per heavy atom. The quantitative estimate of drug-likeness (QED) is 0.177. The van der Waals surface area contributed by atoms with Gasteiger partial charge in [0, 0.05) is 22.7 Å². The third kappa shape index (κ3) is 4.89. The highest BCUT2D eigenvalue weighted by molar-refractivity contribution is 6.24. The molecule has 2 heteroatoms. The molecule has 2 nitrogen and oxygen atoms in total. The predicted octanol–water partition coefficient (Wildman–Crippen LogP) is 11.7. The lowest BCUT2D eigenvalue weighted by molar-refractivity contribution is 0.660. The number of fused-ring (bicyclic) bond motifs is 8. The molecular weight excluding hydrogens is 581 g/mol. The zero-order valence-corrected chi connectivity index (χ0v) is 27.4. The van der Waals surface area contributed by atoms with E-state index in [4.69, 9.17) is 5.73 Å². The first-order valence-corrected chi connectivity index (χ1v) is 16.7. The number of nitrogens with two attached hydrogens (primary N) is 1. The van der Waals surface area contributed by atoms with Gasteiger partial charge >= 0.3 is 0 Å². The lowest BCUT2D eigenvalue weighted by Crippen LogP contribution is -2.14. The average molecular weight is 619 g/mol. The number of hydrogen-bond donors (Lipinski definition) is 1. The zero-order valence-electron chi connectivity index (χ0n) is 27.4. The van der Waals surface area contributed by atoms with Crippen molar-refractivity contribution in [2.24, 2.45) is 5.73 Å². The molecule has 0 saturated heterocycles. The van der Waals surface area contributed by atoms with Gasteiger partial charge in [0.15, 0.2) is 0 Å². The molecule has 0 unspecified atom stereocenters. The molecule has 0 fully saturated rings. The Morgan fingerprint density at radius 3 is 2.12 bits per heavy atom. The Balaban J connectivity index is 1.25. The molecule has 1 aromatic heterocycles. The molecule has 48 heavy (non-hydrogen) atoms. The molecule has 0 saturated carbocycles. The molecule has 1 heterocycles. The Hall–Kier alpha value is -5.86. The van der Waals surface area contributed by atoms with Crippen LogP contribution >= 0.6 is 0 Å². The summed E-state index contributed by atoms with van der Waals surface area (Å²) >= 11 is 0. The third-order valence-corrected chi connectivity index (χ3v) is 9.96. The van der Waals surface area contributed by atoms with Gasteiger partial charge in [0.05, 0.1) is 11.0 Å². The fraction of sp³-hybridized carbons (Fsp3) is 0.0870. The summed E-state index contributed by atoms with van der Waals surface area (Å²) in [4.78, 5) is 0. The van der Waals surface area contributed by atoms with Gasteiger partial charge in [0.1, 0.15) is 0 Å². The minimum absolute atomic E-state index is 0.0310. The van der Waals surface area contributed by atoms with Crippen LogP contribution in [-0.2, 0) is 12.0 Å². The minimum Gasteiger partial charge on any atom is -0.405 e. The van der Waals surface area contributed by atoms with Crippen LogP contribution in [0, 0.1) is 0 Å². The molecule has 1 aliphatic carbocycles. The fourth-order valence-electron chi connectivity index (χ4n) is 7.66. The normalized spacial score (nSPS) is 14.0. The van der Waals surface area contributed by atoms with Crippen LogP contribution in [0.5, 0.6) is 0 Å². The molecule has 7 aromatic rings. The SMILES string of the molecule is CC1(C)c2ccccc2-c2ccc(-c3cccc(-c4cccc5c4c4c6ccccc6ccc4n5C/C=C/C=C/C=C\C=C/N)c3)cc21. The summed E-state index contributed by atoms with van der Waals surface area (Å²) in [6.07, 6.45) is 15.6. The smallest absolute Gasteiger partial charge is 0.0501 e. The van der Waals surface area contributed by atoms with Gasteiger partial charge in [-0.2, -0.15) is 0 Å². The molecule has 2 N–H and O–H groups in total. The van der Waals surface area contributed by atoms with E-state index in [0.29, 0.717) is 0 Å². The van der Waals surface area contributed by atoms with Gasteiger partial charge in [0.2, 0.25) is 0 Å². The summed E-state index contributed by atoms with van der Waals surface area (Å²) in [5.74, 6) is 0. The van der Waals surface area contributed by atoms with E-state index in [1.54, 1.807) is 0 Å². The molecule has 0 amide bonds. The maximum Gasteiger partial charge on any atom is 0.0501 e. The van der Waals surface area contributed by atoms with Crippen molar-refractivity contribution in [1.29, 1.82) is 0 Å². The van der Waals surface area contributed by atoms with Crippen LogP contribution in [0.25, 0.3) is 66.0 Å². The van der Waals surface area contributed by atoms with Crippen LogP contribution in [0.4, 0.5) is 0 Å².